The minimum atomic E-state index is 0.148. The van der Waals surface area contributed by atoms with Gasteiger partial charge in [0, 0.05) is 12.6 Å². The normalized spacial score (nSPS) is 21.9. The van der Waals surface area contributed by atoms with Crippen LogP contribution in [0.4, 0.5) is 0 Å². The smallest absolute Gasteiger partial charge is 0.174 e. The highest BCUT2D eigenvalue weighted by Gasteiger charge is 2.21. The average Bonchev–Trinajstić information content (AvgIpc) is 2.48. The topological polar surface area (TPSA) is 30.5 Å². The maximum absolute atomic E-state index is 5.88. The molecule has 1 aliphatic carbocycles. The summed E-state index contributed by atoms with van der Waals surface area (Å²) < 4.78 is 12.5. The summed E-state index contributed by atoms with van der Waals surface area (Å²) in [6, 6.07) is 4.94. The maximum Gasteiger partial charge on any atom is 0.174 e. The summed E-state index contributed by atoms with van der Waals surface area (Å²) in [6.45, 7) is 7.33. The largest absolute Gasteiger partial charge is 0.493 e. The Balaban J connectivity index is 2.06. The number of ether oxygens (including phenoxy) is 2. The maximum atomic E-state index is 5.88. The van der Waals surface area contributed by atoms with Gasteiger partial charge in [0.05, 0.1) is 16.8 Å². The third kappa shape index (κ3) is 4.75. The van der Waals surface area contributed by atoms with Crippen LogP contribution in [0.2, 0.25) is 0 Å². The van der Waals surface area contributed by atoms with Gasteiger partial charge in [0.15, 0.2) is 11.5 Å². The van der Waals surface area contributed by atoms with Gasteiger partial charge in [-0.05, 0) is 72.9 Å². The predicted molar refractivity (Wildman–Crippen MR) is 99.7 cm³/mol. The molecule has 3 nitrogen and oxygen atoms in total. The van der Waals surface area contributed by atoms with Crippen molar-refractivity contribution in [3.8, 4) is 11.5 Å². The summed E-state index contributed by atoms with van der Waals surface area (Å²) in [4.78, 5) is 0. The van der Waals surface area contributed by atoms with E-state index in [1.54, 1.807) is 7.11 Å². The van der Waals surface area contributed by atoms with E-state index in [-0.39, 0.29) is 6.10 Å². The van der Waals surface area contributed by atoms with Crippen LogP contribution < -0.4 is 14.8 Å². The Morgan fingerprint density at radius 3 is 2.64 bits per heavy atom. The van der Waals surface area contributed by atoms with E-state index in [9.17, 15) is 0 Å². The number of rotatable bonds is 6. The molecule has 2 rings (SSSR count). The second-order valence-electron chi connectivity index (χ2n) is 6.52. The molecule has 0 aromatic heterocycles. The zero-order valence-corrected chi connectivity index (χ0v) is 16.3. The molecule has 1 saturated carbocycles. The van der Waals surface area contributed by atoms with E-state index in [1.807, 2.05) is 13.8 Å². The molecule has 1 aliphatic rings. The van der Waals surface area contributed by atoms with Crippen LogP contribution in [0, 0.1) is 9.49 Å². The molecule has 1 aromatic rings. The van der Waals surface area contributed by atoms with Crippen LogP contribution >= 0.6 is 22.6 Å². The van der Waals surface area contributed by atoms with Crippen molar-refractivity contribution in [3.63, 3.8) is 0 Å². The van der Waals surface area contributed by atoms with Crippen LogP contribution in [0.5, 0.6) is 11.5 Å². The lowest BCUT2D eigenvalue weighted by atomic mass is 9.86. The van der Waals surface area contributed by atoms with E-state index in [0.717, 1.165) is 27.5 Å². The van der Waals surface area contributed by atoms with Gasteiger partial charge >= 0.3 is 0 Å². The molecule has 0 spiro atoms. The standard InChI is InChI=1S/C18H28INO2/c1-12(2)22-18-15(19)9-14(10-17(18)21-4)11-20-16-8-6-5-7-13(16)3/h9-10,12-13,16,20H,5-8,11H2,1-4H3/t13-,16-/m0/s1. The van der Waals surface area contributed by atoms with Crippen LogP contribution in [0.1, 0.15) is 52.0 Å². The van der Waals surface area contributed by atoms with Gasteiger partial charge in [0.25, 0.3) is 0 Å². The molecule has 0 heterocycles. The summed E-state index contributed by atoms with van der Waals surface area (Å²) in [7, 11) is 1.71. The van der Waals surface area contributed by atoms with Crippen LogP contribution in [0.3, 0.4) is 0 Å². The number of hydrogen-bond donors (Lipinski definition) is 1. The number of benzene rings is 1. The first kappa shape index (κ1) is 17.9. The molecular weight excluding hydrogens is 389 g/mol. The molecule has 0 bridgehead atoms. The van der Waals surface area contributed by atoms with Gasteiger partial charge in [-0.2, -0.15) is 0 Å². The molecule has 0 unspecified atom stereocenters. The Kier molecular flexibility index (Phi) is 6.81. The second kappa shape index (κ2) is 8.39. The van der Waals surface area contributed by atoms with Crippen molar-refractivity contribution < 1.29 is 9.47 Å². The van der Waals surface area contributed by atoms with Gasteiger partial charge in [-0.1, -0.05) is 19.8 Å². The summed E-state index contributed by atoms with van der Waals surface area (Å²) >= 11 is 2.33. The van der Waals surface area contributed by atoms with Crippen LogP contribution in [-0.2, 0) is 6.54 Å². The van der Waals surface area contributed by atoms with Gasteiger partial charge in [-0.3, -0.25) is 0 Å². The van der Waals surface area contributed by atoms with Crippen molar-refractivity contribution in [1.82, 2.24) is 5.32 Å². The van der Waals surface area contributed by atoms with Crippen molar-refractivity contribution in [3.05, 3.63) is 21.3 Å². The van der Waals surface area contributed by atoms with Crippen molar-refractivity contribution in [2.45, 2.75) is 65.1 Å². The number of hydrogen-bond acceptors (Lipinski definition) is 3. The molecule has 1 fully saturated rings. The molecule has 1 aromatic carbocycles. The van der Waals surface area contributed by atoms with E-state index in [1.165, 1.54) is 31.2 Å². The van der Waals surface area contributed by atoms with Crippen molar-refractivity contribution in [2.75, 3.05) is 7.11 Å². The molecular formula is C18H28INO2. The first-order valence-electron chi connectivity index (χ1n) is 8.27. The number of methoxy groups -OCH3 is 1. The first-order valence-corrected chi connectivity index (χ1v) is 9.35. The zero-order chi connectivity index (χ0) is 16.1. The quantitative estimate of drug-likeness (QED) is 0.678. The molecule has 4 heteroatoms. The molecule has 22 heavy (non-hydrogen) atoms. The van der Waals surface area contributed by atoms with Gasteiger partial charge in [0.2, 0.25) is 0 Å². The Bertz CT molecular complexity index is 490. The minimum Gasteiger partial charge on any atom is -0.493 e. The second-order valence-corrected chi connectivity index (χ2v) is 7.69. The molecule has 124 valence electrons. The Labute approximate surface area is 148 Å². The van der Waals surface area contributed by atoms with E-state index in [0.29, 0.717) is 6.04 Å². The lowest BCUT2D eigenvalue weighted by molar-refractivity contribution is 0.228. The first-order chi connectivity index (χ1) is 10.5. The SMILES string of the molecule is COc1cc(CN[C@H]2CCCC[C@@H]2C)cc(I)c1OC(C)C. The summed E-state index contributed by atoms with van der Waals surface area (Å²) in [6.07, 6.45) is 5.52. The third-order valence-corrected chi connectivity index (χ3v) is 5.12. The van der Waals surface area contributed by atoms with Gasteiger partial charge in [-0.15, -0.1) is 0 Å². The Hall–Kier alpha value is -0.490. The van der Waals surface area contributed by atoms with Crippen LogP contribution in [0.25, 0.3) is 0 Å². The van der Waals surface area contributed by atoms with Crippen LogP contribution in [-0.4, -0.2) is 19.3 Å². The summed E-state index contributed by atoms with van der Waals surface area (Å²) in [5.74, 6) is 2.46. The summed E-state index contributed by atoms with van der Waals surface area (Å²) in [5, 5.41) is 3.73. The number of halogens is 1. The lowest BCUT2D eigenvalue weighted by Crippen LogP contribution is -2.36. The van der Waals surface area contributed by atoms with Gasteiger partial charge in [-0.25, -0.2) is 0 Å². The predicted octanol–water partition coefficient (Wildman–Crippen LogP) is 4.76. The fourth-order valence-corrected chi connectivity index (χ4v) is 3.89. The van der Waals surface area contributed by atoms with Gasteiger partial charge < -0.3 is 14.8 Å². The third-order valence-electron chi connectivity index (χ3n) is 4.32. The molecule has 1 N–H and O–H groups in total. The van der Waals surface area contributed by atoms with E-state index < -0.39 is 0 Å². The Morgan fingerprint density at radius 1 is 1.27 bits per heavy atom. The van der Waals surface area contributed by atoms with E-state index in [4.69, 9.17) is 9.47 Å². The highest BCUT2D eigenvalue weighted by Crippen LogP contribution is 2.35. The van der Waals surface area contributed by atoms with E-state index in [2.05, 4.69) is 47.0 Å². The van der Waals surface area contributed by atoms with Crippen molar-refractivity contribution in [2.24, 2.45) is 5.92 Å². The molecule has 0 radical (unpaired) electrons. The molecule has 0 aliphatic heterocycles. The molecule has 0 saturated heterocycles. The van der Waals surface area contributed by atoms with Crippen molar-refractivity contribution >= 4 is 22.6 Å². The number of nitrogens with one attached hydrogen (secondary N) is 1. The van der Waals surface area contributed by atoms with Crippen molar-refractivity contribution in [1.29, 1.82) is 0 Å². The van der Waals surface area contributed by atoms with Crippen LogP contribution in [0.15, 0.2) is 12.1 Å². The van der Waals surface area contributed by atoms with Gasteiger partial charge in [0.1, 0.15) is 0 Å². The highest BCUT2D eigenvalue weighted by atomic mass is 127. The minimum absolute atomic E-state index is 0.148. The fourth-order valence-electron chi connectivity index (χ4n) is 3.09. The Morgan fingerprint density at radius 2 is 2.00 bits per heavy atom. The fraction of sp³-hybridized carbons (Fsp3) is 0.667. The molecule has 0 amide bonds. The lowest BCUT2D eigenvalue weighted by Gasteiger charge is -2.29. The van der Waals surface area contributed by atoms with E-state index >= 15 is 0 Å². The summed E-state index contributed by atoms with van der Waals surface area (Å²) in [5.41, 5.74) is 1.26. The zero-order valence-electron chi connectivity index (χ0n) is 14.1. The molecule has 2 atom stereocenters. The monoisotopic (exact) mass is 417 g/mol. The average molecular weight is 417 g/mol. The highest BCUT2D eigenvalue weighted by molar-refractivity contribution is 14.1.